The van der Waals surface area contributed by atoms with E-state index < -0.39 is 29.1 Å². The molecule has 1 aromatic heterocycles. The van der Waals surface area contributed by atoms with Crippen molar-refractivity contribution in [2.75, 3.05) is 26.7 Å². The summed E-state index contributed by atoms with van der Waals surface area (Å²) in [6.07, 6.45) is -3.84. The van der Waals surface area contributed by atoms with E-state index in [1.54, 1.807) is 11.0 Å². The van der Waals surface area contributed by atoms with Gasteiger partial charge in [0.05, 0.1) is 27.9 Å². The number of carbonyl (C=O) groups excluding carboxylic acids is 1. The van der Waals surface area contributed by atoms with Crippen molar-refractivity contribution in [2.45, 2.75) is 51.1 Å². The minimum atomic E-state index is -4.50. The molecular weight excluding hydrogens is 462 g/mol. The molecule has 10 heteroatoms. The van der Waals surface area contributed by atoms with Crippen LogP contribution >= 0.6 is 11.6 Å². The van der Waals surface area contributed by atoms with Crippen molar-refractivity contribution in [1.29, 1.82) is 0 Å². The lowest BCUT2D eigenvalue weighted by molar-refractivity contribution is -0.144. The maximum Gasteiger partial charge on any atom is 0.431 e. The second kappa shape index (κ2) is 8.51. The lowest BCUT2D eigenvalue weighted by Gasteiger charge is -2.50. The lowest BCUT2D eigenvalue weighted by Crippen LogP contribution is -2.57. The highest BCUT2D eigenvalue weighted by Crippen LogP contribution is 2.47. The third kappa shape index (κ3) is 4.21. The van der Waals surface area contributed by atoms with E-state index in [-0.39, 0.29) is 36.3 Å². The summed E-state index contributed by atoms with van der Waals surface area (Å²) in [6.45, 7) is 4.81. The van der Waals surface area contributed by atoms with Crippen LogP contribution < -0.4 is 4.74 Å². The number of hydrogen-bond acceptors (Lipinski definition) is 3. The Balaban J connectivity index is 1.57. The van der Waals surface area contributed by atoms with Gasteiger partial charge in [-0.3, -0.25) is 9.69 Å². The number of amides is 1. The van der Waals surface area contributed by atoms with Crippen molar-refractivity contribution in [3.05, 3.63) is 52.1 Å². The normalized spacial score (nSPS) is 18.6. The number of halogens is 5. The number of benzene rings is 1. The van der Waals surface area contributed by atoms with Crippen LogP contribution in [0.5, 0.6) is 5.75 Å². The number of rotatable bonds is 3. The number of hydrogen-bond donors (Lipinski definition) is 0. The van der Waals surface area contributed by atoms with Gasteiger partial charge >= 0.3 is 6.18 Å². The summed E-state index contributed by atoms with van der Waals surface area (Å²) in [4.78, 5) is 16.6. The molecule has 2 aliphatic heterocycles. The van der Waals surface area contributed by atoms with Gasteiger partial charge in [0.2, 0.25) is 0 Å². The molecule has 1 amide bonds. The van der Waals surface area contributed by atoms with Crippen molar-refractivity contribution in [3.8, 4) is 5.75 Å². The van der Waals surface area contributed by atoms with Gasteiger partial charge in [0, 0.05) is 32.2 Å². The van der Waals surface area contributed by atoms with E-state index in [4.69, 9.17) is 16.3 Å². The number of alkyl halides is 3. The van der Waals surface area contributed by atoms with Crippen LogP contribution in [0, 0.1) is 5.82 Å². The Kier molecular flexibility index (Phi) is 6.16. The topological polar surface area (TPSA) is 37.7 Å². The molecule has 1 saturated heterocycles. The molecule has 2 aromatic rings. The smallest absolute Gasteiger partial charge is 0.431 e. The lowest BCUT2D eigenvalue weighted by atomic mass is 9.81. The van der Waals surface area contributed by atoms with Crippen molar-refractivity contribution < 1.29 is 27.1 Å². The van der Waals surface area contributed by atoms with Gasteiger partial charge in [0.15, 0.2) is 0 Å². The zero-order valence-corrected chi connectivity index (χ0v) is 19.4. The summed E-state index contributed by atoms with van der Waals surface area (Å²) in [6, 6.07) is 5.15. The molecular formula is C23H26ClF4N3O2. The Morgan fingerprint density at radius 2 is 1.79 bits per heavy atom. The van der Waals surface area contributed by atoms with E-state index in [2.05, 4.69) is 0 Å². The predicted molar refractivity (Wildman–Crippen MR) is 116 cm³/mol. The number of aromatic nitrogens is 1. The van der Waals surface area contributed by atoms with Gasteiger partial charge in [0.1, 0.15) is 17.3 Å². The number of likely N-dealkylation sites (N-methyl/N-ethyl adjacent to an activating group) is 1. The minimum Gasteiger partial charge on any atom is -0.491 e. The first kappa shape index (κ1) is 23.9. The summed E-state index contributed by atoms with van der Waals surface area (Å²) in [5, 5.41) is 0.0837. The standard InChI is InChI=1S/C23H26ClF4N3O2/c1-14(2)33-15-4-5-16(18(25)12-15)21(32)30-8-6-22(7-9-30)20-17(24)13-19(23(26,27)28)31(20)11-10-29(22)3/h4-5,12-14H,6-11H2,1-3H3. The van der Waals surface area contributed by atoms with E-state index in [9.17, 15) is 22.4 Å². The molecule has 3 heterocycles. The Labute approximate surface area is 194 Å². The summed E-state index contributed by atoms with van der Waals surface area (Å²) in [5.74, 6) is -0.773. The molecule has 4 rings (SSSR count). The van der Waals surface area contributed by atoms with Gasteiger partial charge < -0.3 is 14.2 Å². The van der Waals surface area contributed by atoms with Crippen LogP contribution in [0.15, 0.2) is 24.3 Å². The van der Waals surface area contributed by atoms with Crippen LogP contribution in [0.4, 0.5) is 17.6 Å². The molecule has 0 saturated carbocycles. The summed E-state index contributed by atoms with van der Waals surface area (Å²) >= 11 is 6.33. The quantitative estimate of drug-likeness (QED) is 0.561. The van der Waals surface area contributed by atoms with E-state index >= 15 is 0 Å². The highest BCUT2D eigenvalue weighted by atomic mass is 35.5. The highest BCUT2D eigenvalue weighted by Gasteiger charge is 2.49. The molecule has 0 N–H and O–H groups in total. The number of ether oxygens (including phenoxy) is 1. The van der Waals surface area contributed by atoms with Crippen LogP contribution in [0.25, 0.3) is 0 Å². The fourth-order valence-corrected chi connectivity index (χ4v) is 5.37. The average molecular weight is 488 g/mol. The predicted octanol–water partition coefficient (Wildman–Crippen LogP) is 5.16. The van der Waals surface area contributed by atoms with Gasteiger partial charge in [0.25, 0.3) is 5.91 Å². The third-order valence-corrected chi connectivity index (χ3v) is 6.88. The molecule has 0 atom stereocenters. The molecule has 2 aliphatic rings. The van der Waals surface area contributed by atoms with E-state index in [1.807, 2.05) is 25.8 Å². The molecule has 1 aromatic carbocycles. The van der Waals surface area contributed by atoms with Crippen LogP contribution in [0.3, 0.4) is 0 Å². The SMILES string of the molecule is CC(C)Oc1ccc(C(=O)N2CCC3(CC2)c2c(Cl)cc(C(F)(F)F)n2CCN3C)c(F)c1. The maximum absolute atomic E-state index is 14.6. The van der Waals surface area contributed by atoms with Crippen molar-refractivity contribution in [2.24, 2.45) is 0 Å². The van der Waals surface area contributed by atoms with Crippen LogP contribution in [0.1, 0.15) is 48.4 Å². The van der Waals surface area contributed by atoms with Gasteiger partial charge in [-0.05, 0) is 51.9 Å². The zero-order chi connectivity index (χ0) is 24.1. The highest BCUT2D eigenvalue weighted by molar-refractivity contribution is 6.31. The van der Waals surface area contributed by atoms with Crippen molar-refractivity contribution in [1.82, 2.24) is 14.4 Å². The number of piperidine rings is 1. The van der Waals surface area contributed by atoms with E-state index in [0.29, 0.717) is 30.8 Å². The van der Waals surface area contributed by atoms with Crippen LogP contribution in [-0.4, -0.2) is 53.1 Å². The number of fused-ring (bicyclic) bond motifs is 2. The molecule has 5 nitrogen and oxygen atoms in total. The molecule has 1 spiro atoms. The molecule has 0 unspecified atom stereocenters. The first-order valence-corrected chi connectivity index (χ1v) is 11.3. The Morgan fingerprint density at radius 3 is 2.36 bits per heavy atom. The van der Waals surface area contributed by atoms with Crippen molar-refractivity contribution >= 4 is 17.5 Å². The molecule has 33 heavy (non-hydrogen) atoms. The van der Waals surface area contributed by atoms with E-state index in [0.717, 1.165) is 6.07 Å². The third-order valence-electron chi connectivity index (χ3n) is 6.59. The Bertz CT molecular complexity index is 1060. The summed E-state index contributed by atoms with van der Waals surface area (Å²) < 4.78 is 62.0. The van der Waals surface area contributed by atoms with Crippen LogP contribution in [-0.2, 0) is 18.3 Å². The first-order valence-electron chi connectivity index (χ1n) is 10.9. The first-order chi connectivity index (χ1) is 15.4. The molecule has 180 valence electrons. The summed E-state index contributed by atoms with van der Waals surface area (Å²) in [5.41, 5.74) is -1.08. The maximum atomic E-state index is 14.6. The van der Waals surface area contributed by atoms with Gasteiger partial charge in [-0.1, -0.05) is 11.6 Å². The molecule has 0 bridgehead atoms. The largest absolute Gasteiger partial charge is 0.491 e. The Hall–Kier alpha value is -2.26. The monoisotopic (exact) mass is 487 g/mol. The van der Waals surface area contributed by atoms with Gasteiger partial charge in [-0.15, -0.1) is 0 Å². The average Bonchev–Trinajstić information content (AvgIpc) is 3.08. The fourth-order valence-electron chi connectivity index (χ4n) is 4.98. The second-order valence-electron chi connectivity index (χ2n) is 8.93. The summed E-state index contributed by atoms with van der Waals surface area (Å²) in [7, 11) is 1.87. The number of likely N-dealkylation sites (tertiary alicyclic amines) is 1. The number of nitrogens with zero attached hydrogens (tertiary/aromatic N) is 3. The van der Waals surface area contributed by atoms with Gasteiger partial charge in [-0.2, -0.15) is 13.2 Å². The van der Waals surface area contributed by atoms with E-state index in [1.165, 1.54) is 16.7 Å². The molecule has 1 fully saturated rings. The van der Waals surface area contributed by atoms with Crippen LogP contribution in [0.2, 0.25) is 5.02 Å². The fraction of sp³-hybridized carbons (Fsp3) is 0.522. The molecule has 0 aliphatic carbocycles. The van der Waals surface area contributed by atoms with Crippen molar-refractivity contribution in [3.63, 3.8) is 0 Å². The minimum absolute atomic E-state index is 0.0557. The van der Waals surface area contributed by atoms with Gasteiger partial charge in [-0.25, -0.2) is 4.39 Å². The Morgan fingerprint density at radius 1 is 1.12 bits per heavy atom. The zero-order valence-electron chi connectivity index (χ0n) is 18.7. The molecule has 0 radical (unpaired) electrons. The number of carbonyl (C=O) groups is 1. The second-order valence-corrected chi connectivity index (χ2v) is 9.34.